The van der Waals surface area contributed by atoms with E-state index in [9.17, 15) is 9.59 Å². The second-order valence-electron chi connectivity index (χ2n) is 8.03. The number of aromatic nitrogens is 1. The highest BCUT2D eigenvalue weighted by molar-refractivity contribution is 7.13. The minimum atomic E-state index is 0.00445. The fourth-order valence-electron chi connectivity index (χ4n) is 4.20. The quantitative estimate of drug-likeness (QED) is 0.794. The van der Waals surface area contributed by atoms with Gasteiger partial charge < -0.3 is 10.2 Å². The molecule has 1 aliphatic carbocycles. The van der Waals surface area contributed by atoms with Crippen molar-refractivity contribution < 1.29 is 9.59 Å². The van der Waals surface area contributed by atoms with E-state index in [1.165, 1.54) is 30.6 Å². The molecule has 6 heteroatoms. The molecule has 1 saturated carbocycles. The van der Waals surface area contributed by atoms with Crippen LogP contribution in [0.5, 0.6) is 0 Å². The number of amides is 2. The lowest BCUT2D eigenvalue weighted by molar-refractivity contribution is -0.137. The first-order valence-corrected chi connectivity index (χ1v) is 11.5. The number of carbonyl (C=O) groups is 2. The average Bonchev–Trinajstić information content (AvgIpc) is 3.08. The molecule has 1 aliphatic heterocycles. The molecule has 150 valence electrons. The fraction of sp³-hybridized carbons (Fsp3) is 0.762. The summed E-state index contributed by atoms with van der Waals surface area (Å²) in [5.74, 6) is 0.592. The van der Waals surface area contributed by atoms with Gasteiger partial charge in [-0.25, -0.2) is 4.98 Å². The Balaban J connectivity index is 1.48. The number of piperidine rings is 1. The maximum atomic E-state index is 12.7. The summed E-state index contributed by atoms with van der Waals surface area (Å²) in [4.78, 5) is 32.7. The second-order valence-corrected chi connectivity index (χ2v) is 9.12. The van der Waals surface area contributed by atoms with Crippen molar-refractivity contribution in [1.29, 1.82) is 0 Å². The molecule has 3 rings (SSSR count). The number of hydrogen-bond donors (Lipinski definition) is 1. The third kappa shape index (κ3) is 5.31. The lowest BCUT2D eigenvalue weighted by atomic mass is 9.87. The van der Waals surface area contributed by atoms with Crippen LogP contribution in [0.15, 0.2) is 0 Å². The van der Waals surface area contributed by atoms with E-state index in [0.29, 0.717) is 5.91 Å². The van der Waals surface area contributed by atoms with Gasteiger partial charge in [-0.15, -0.1) is 11.3 Å². The maximum absolute atomic E-state index is 12.7. The van der Waals surface area contributed by atoms with Crippen LogP contribution in [-0.4, -0.2) is 40.8 Å². The minimum absolute atomic E-state index is 0.00445. The standard InChI is InChI=1S/C21H33N3O2S/c1-3-4-10-18-22-15(2)19(27-18)20(25)23-17-11-13-24(14-12-17)21(26)16-8-6-5-7-9-16/h16-17H,3-14H2,1-2H3,(H,23,25). The van der Waals surface area contributed by atoms with Crippen molar-refractivity contribution in [3.8, 4) is 0 Å². The zero-order valence-electron chi connectivity index (χ0n) is 16.8. The van der Waals surface area contributed by atoms with Gasteiger partial charge in [0.05, 0.1) is 10.7 Å². The summed E-state index contributed by atoms with van der Waals surface area (Å²) in [6.07, 6.45) is 10.7. The number of unbranched alkanes of at least 4 members (excludes halogenated alkanes) is 1. The van der Waals surface area contributed by atoms with Crippen molar-refractivity contribution in [3.05, 3.63) is 15.6 Å². The van der Waals surface area contributed by atoms with Gasteiger partial charge in [0.25, 0.3) is 5.91 Å². The molecule has 0 atom stereocenters. The summed E-state index contributed by atoms with van der Waals surface area (Å²) >= 11 is 1.53. The summed E-state index contributed by atoms with van der Waals surface area (Å²) in [6, 6.07) is 0.161. The van der Waals surface area contributed by atoms with Gasteiger partial charge in [-0.2, -0.15) is 0 Å². The third-order valence-electron chi connectivity index (χ3n) is 5.89. The van der Waals surface area contributed by atoms with Crippen LogP contribution in [0.25, 0.3) is 0 Å². The van der Waals surface area contributed by atoms with E-state index in [2.05, 4.69) is 17.2 Å². The Morgan fingerprint density at radius 2 is 1.85 bits per heavy atom. The van der Waals surface area contributed by atoms with E-state index < -0.39 is 0 Å². The van der Waals surface area contributed by atoms with E-state index >= 15 is 0 Å². The van der Waals surface area contributed by atoms with E-state index in [-0.39, 0.29) is 17.9 Å². The minimum Gasteiger partial charge on any atom is -0.348 e. The largest absolute Gasteiger partial charge is 0.348 e. The second kappa shape index (κ2) is 9.67. The Morgan fingerprint density at radius 3 is 2.52 bits per heavy atom. The molecular weight excluding hydrogens is 358 g/mol. The Hall–Kier alpha value is -1.43. The molecule has 0 unspecified atom stereocenters. The molecule has 0 aromatic carbocycles. The van der Waals surface area contributed by atoms with Crippen molar-refractivity contribution >= 4 is 23.2 Å². The molecular formula is C21H33N3O2S. The summed E-state index contributed by atoms with van der Waals surface area (Å²) in [5, 5.41) is 4.24. The van der Waals surface area contributed by atoms with Gasteiger partial charge in [0.15, 0.2) is 0 Å². The highest BCUT2D eigenvalue weighted by Crippen LogP contribution is 2.27. The molecule has 2 amide bonds. The van der Waals surface area contributed by atoms with Gasteiger partial charge in [0.1, 0.15) is 4.88 Å². The number of hydrogen-bond acceptors (Lipinski definition) is 4. The Morgan fingerprint density at radius 1 is 1.15 bits per heavy atom. The van der Waals surface area contributed by atoms with E-state index in [1.807, 2.05) is 11.8 Å². The normalized spacial score (nSPS) is 19.3. The predicted octanol–water partition coefficient (Wildman–Crippen LogP) is 4.10. The van der Waals surface area contributed by atoms with E-state index in [0.717, 1.165) is 73.6 Å². The molecule has 2 aliphatic rings. The lowest BCUT2D eigenvalue weighted by Gasteiger charge is -2.35. The molecule has 0 spiro atoms. The molecule has 0 radical (unpaired) electrons. The predicted molar refractivity (Wildman–Crippen MR) is 109 cm³/mol. The fourth-order valence-corrected chi connectivity index (χ4v) is 5.21. The molecule has 2 heterocycles. The Labute approximate surface area is 166 Å². The van der Waals surface area contributed by atoms with Gasteiger partial charge in [-0.1, -0.05) is 32.6 Å². The SMILES string of the molecule is CCCCc1nc(C)c(C(=O)NC2CCN(C(=O)C3CCCCC3)CC2)s1. The number of nitrogens with one attached hydrogen (secondary N) is 1. The zero-order valence-corrected chi connectivity index (χ0v) is 17.6. The van der Waals surface area contributed by atoms with Crippen LogP contribution in [0.3, 0.4) is 0 Å². The molecule has 1 aromatic heterocycles. The Kier molecular flexibility index (Phi) is 7.27. The number of rotatable bonds is 6. The molecule has 1 saturated heterocycles. The first-order valence-electron chi connectivity index (χ1n) is 10.6. The van der Waals surface area contributed by atoms with Crippen molar-refractivity contribution in [1.82, 2.24) is 15.2 Å². The first-order chi connectivity index (χ1) is 13.1. The van der Waals surface area contributed by atoms with Crippen LogP contribution >= 0.6 is 11.3 Å². The summed E-state index contributed by atoms with van der Waals surface area (Å²) in [5.41, 5.74) is 0.841. The van der Waals surface area contributed by atoms with Gasteiger partial charge in [0.2, 0.25) is 5.91 Å². The summed E-state index contributed by atoms with van der Waals surface area (Å²) < 4.78 is 0. The average molecular weight is 392 g/mol. The zero-order chi connectivity index (χ0) is 19.2. The van der Waals surface area contributed by atoms with Crippen molar-refractivity contribution in [3.63, 3.8) is 0 Å². The molecule has 1 aromatic rings. The van der Waals surface area contributed by atoms with Gasteiger partial charge in [-0.3, -0.25) is 9.59 Å². The molecule has 1 N–H and O–H groups in total. The van der Waals surface area contributed by atoms with Crippen LogP contribution < -0.4 is 5.32 Å². The van der Waals surface area contributed by atoms with Crippen molar-refractivity contribution in [2.45, 2.75) is 84.1 Å². The lowest BCUT2D eigenvalue weighted by Crippen LogP contribution is -2.48. The maximum Gasteiger partial charge on any atom is 0.263 e. The summed E-state index contributed by atoms with van der Waals surface area (Å²) in [6.45, 7) is 5.62. The van der Waals surface area contributed by atoms with Crippen molar-refractivity contribution in [2.24, 2.45) is 5.92 Å². The van der Waals surface area contributed by atoms with Gasteiger partial charge >= 0.3 is 0 Å². The molecule has 0 bridgehead atoms. The van der Waals surface area contributed by atoms with Gasteiger partial charge in [0, 0.05) is 25.0 Å². The van der Waals surface area contributed by atoms with Crippen LogP contribution in [0, 0.1) is 12.8 Å². The summed E-state index contributed by atoms with van der Waals surface area (Å²) in [7, 11) is 0. The number of thiazole rings is 1. The van der Waals surface area contributed by atoms with Crippen LogP contribution in [0.2, 0.25) is 0 Å². The number of aryl methyl sites for hydroxylation is 2. The number of carbonyl (C=O) groups excluding carboxylic acids is 2. The monoisotopic (exact) mass is 391 g/mol. The highest BCUT2D eigenvalue weighted by atomic mass is 32.1. The third-order valence-corrected chi connectivity index (χ3v) is 7.10. The number of likely N-dealkylation sites (tertiary alicyclic amines) is 1. The highest BCUT2D eigenvalue weighted by Gasteiger charge is 2.30. The smallest absolute Gasteiger partial charge is 0.263 e. The number of nitrogens with zero attached hydrogens (tertiary/aromatic N) is 2. The van der Waals surface area contributed by atoms with E-state index in [4.69, 9.17) is 0 Å². The first kappa shape index (κ1) is 20.3. The Bertz CT molecular complexity index is 644. The van der Waals surface area contributed by atoms with E-state index in [1.54, 1.807) is 0 Å². The molecule has 5 nitrogen and oxygen atoms in total. The molecule has 27 heavy (non-hydrogen) atoms. The van der Waals surface area contributed by atoms with Crippen molar-refractivity contribution in [2.75, 3.05) is 13.1 Å². The topological polar surface area (TPSA) is 62.3 Å². The van der Waals surface area contributed by atoms with Crippen LogP contribution in [-0.2, 0) is 11.2 Å². The molecule has 2 fully saturated rings. The van der Waals surface area contributed by atoms with Gasteiger partial charge in [-0.05, 0) is 45.4 Å². The van der Waals surface area contributed by atoms with Crippen LogP contribution in [0.1, 0.15) is 85.1 Å². The van der Waals surface area contributed by atoms with Crippen LogP contribution in [0.4, 0.5) is 0 Å².